The van der Waals surface area contributed by atoms with Crippen LogP contribution in [0.25, 0.3) is 0 Å². The fourth-order valence-electron chi connectivity index (χ4n) is 1.93. The number of nitrogens with one attached hydrogen (secondary N) is 1. The molecule has 0 aromatic heterocycles. The van der Waals surface area contributed by atoms with Gasteiger partial charge in [-0.3, -0.25) is 0 Å². The number of rotatable bonds is 5. The molecule has 0 fully saturated rings. The van der Waals surface area contributed by atoms with Gasteiger partial charge in [-0.15, -0.1) is 0 Å². The molecule has 0 aliphatic carbocycles. The van der Waals surface area contributed by atoms with Crippen molar-refractivity contribution in [3.63, 3.8) is 0 Å². The lowest BCUT2D eigenvalue weighted by atomic mass is 10.1. The third kappa shape index (κ3) is 3.57. The van der Waals surface area contributed by atoms with Crippen molar-refractivity contribution < 1.29 is 4.74 Å². The van der Waals surface area contributed by atoms with Crippen molar-refractivity contribution in [3.8, 4) is 5.75 Å². The van der Waals surface area contributed by atoms with Gasteiger partial charge in [-0.1, -0.05) is 45.9 Å². The first-order chi connectivity index (χ1) is 9.65. The van der Waals surface area contributed by atoms with E-state index in [1.54, 1.807) is 18.9 Å². The summed E-state index contributed by atoms with van der Waals surface area (Å²) in [6.45, 7) is 2.16. The van der Waals surface area contributed by atoms with Gasteiger partial charge in [0.15, 0.2) is 0 Å². The zero-order chi connectivity index (χ0) is 14.5. The fraction of sp³-hybridized carbons (Fsp3) is 0.250. The number of halogens is 1. The van der Waals surface area contributed by atoms with Crippen molar-refractivity contribution in [1.82, 2.24) is 5.32 Å². The van der Waals surface area contributed by atoms with Crippen LogP contribution in [0.5, 0.6) is 5.75 Å². The average molecular weight is 352 g/mol. The van der Waals surface area contributed by atoms with Crippen LogP contribution >= 0.6 is 27.7 Å². The van der Waals surface area contributed by atoms with E-state index in [2.05, 4.69) is 52.4 Å². The molecule has 2 nitrogen and oxygen atoms in total. The number of hydrogen-bond donors (Lipinski definition) is 1. The zero-order valence-electron chi connectivity index (χ0n) is 11.8. The van der Waals surface area contributed by atoms with E-state index in [4.69, 9.17) is 4.74 Å². The minimum Gasteiger partial charge on any atom is -0.496 e. The highest BCUT2D eigenvalue weighted by Crippen LogP contribution is 2.39. The quantitative estimate of drug-likeness (QED) is 0.828. The van der Waals surface area contributed by atoms with Gasteiger partial charge in [0.1, 0.15) is 5.75 Å². The number of benzene rings is 2. The third-order valence-corrected chi connectivity index (χ3v) is 4.79. The highest BCUT2D eigenvalue weighted by atomic mass is 79.9. The van der Waals surface area contributed by atoms with E-state index in [0.29, 0.717) is 6.04 Å². The highest BCUT2D eigenvalue weighted by molar-refractivity contribution is 9.10. The molecular weight excluding hydrogens is 334 g/mol. The predicted octanol–water partition coefficient (Wildman–Crippen LogP) is 4.89. The number of ether oxygens (including phenoxy) is 1. The number of hydrogen-bond acceptors (Lipinski definition) is 3. The van der Waals surface area contributed by atoms with Crippen molar-refractivity contribution in [2.75, 3.05) is 14.2 Å². The molecule has 4 heteroatoms. The number of para-hydroxylation sites is 1. The summed E-state index contributed by atoms with van der Waals surface area (Å²) in [6, 6.07) is 14.8. The Morgan fingerprint density at radius 2 is 1.90 bits per heavy atom. The first kappa shape index (κ1) is 15.4. The second kappa shape index (κ2) is 7.16. The lowest BCUT2D eigenvalue weighted by Gasteiger charge is -2.17. The molecule has 0 bridgehead atoms. The maximum absolute atomic E-state index is 5.43. The Balaban J connectivity index is 2.39. The van der Waals surface area contributed by atoms with Gasteiger partial charge in [-0.2, -0.15) is 0 Å². The van der Waals surface area contributed by atoms with Gasteiger partial charge < -0.3 is 10.1 Å². The van der Waals surface area contributed by atoms with Crippen LogP contribution < -0.4 is 10.1 Å². The van der Waals surface area contributed by atoms with Gasteiger partial charge in [0.2, 0.25) is 0 Å². The van der Waals surface area contributed by atoms with Crippen LogP contribution in [0.2, 0.25) is 0 Å². The van der Waals surface area contributed by atoms with E-state index in [0.717, 1.165) is 15.1 Å². The van der Waals surface area contributed by atoms with Crippen molar-refractivity contribution in [2.24, 2.45) is 0 Å². The summed E-state index contributed by atoms with van der Waals surface area (Å²) in [4.78, 5) is 2.35. The molecule has 1 unspecified atom stereocenters. The zero-order valence-corrected chi connectivity index (χ0v) is 14.2. The van der Waals surface area contributed by atoms with Gasteiger partial charge in [-0.05, 0) is 43.8 Å². The van der Waals surface area contributed by atoms with Crippen LogP contribution in [0.1, 0.15) is 18.5 Å². The maximum Gasteiger partial charge on any atom is 0.132 e. The Morgan fingerprint density at radius 1 is 1.15 bits per heavy atom. The van der Waals surface area contributed by atoms with Crippen molar-refractivity contribution in [3.05, 3.63) is 52.5 Å². The fourth-order valence-corrected chi connectivity index (χ4v) is 3.63. The van der Waals surface area contributed by atoms with E-state index in [1.807, 2.05) is 25.2 Å². The molecule has 0 aliphatic rings. The smallest absolute Gasteiger partial charge is 0.132 e. The number of methoxy groups -OCH3 is 1. The molecule has 0 heterocycles. The van der Waals surface area contributed by atoms with E-state index in [-0.39, 0.29) is 0 Å². The van der Waals surface area contributed by atoms with Gasteiger partial charge in [0.05, 0.1) is 12.0 Å². The summed E-state index contributed by atoms with van der Waals surface area (Å²) in [6.07, 6.45) is 0. The van der Waals surface area contributed by atoms with E-state index < -0.39 is 0 Å². The Labute approximate surface area is 133 Å². The standard InChI is InChI=1S/C16H18BrNOS/c1-11(18-2)13-9-8-12(17)10-16(13)20-15-7-5-4-6-14(15)19-3/h4-11,18H,1-3H3. The molecule has 2 aromatic carbocycles. The Hall–Kier alpha value is -0.970. The normalized spacial score (nSPS) is 12.2. The molecule has 0 aliphatic heterocycles. The van der Waals surface area contributed by atoms with Gasteiger partial charge in [0, 0.05) is 15.4 Å². The highest BCUT2D eigenvalue weighted by Gasteiger charge is 2.12. The summed E-state index contributed by atoms with van der Waals surface area (Å²) >= 11 is 5.28. The van der Waals surface area contributed by atoms with E-state index in [9.17, 15) is 0 Å². The molecule has 1 N–H and O–H groups in total. The van der Waals surface area contributed by atoms with Crippen LogP contribution in [-0.2, 0) is 0 Å². The van der Waals surface area contributed by atoms with Crippen molar-refractivity contribution in [1.29, 1.82) is 0 Å². The molecule has 0 spiro atoms. The minimum absolute atomic E-state index is 0.306. The second-order valence-electron chi connectivity index (χ2n) is 4.45. The molecule has 0 saturated carbocycles. The third-order valence-electron chi connectivity index (χ3n) is 3.16. The van der Waals surface area contributed by atoms with Crippen LogP contribution in [0.4, 0.5) is 0 Å². The lowest BCUT2D eigenvalue weighted by molar-refractivity contribution is 0.405. The van der Waals surface area contributed by atoms with Crippen LogP contribution in [0.15, 0.2) is 56.7 Å². The molecule has 2 aromatic rings. The summed E-state index contributed by atoms with van der Waals surface area (Å²) in [5, 5.41) is 3.30. The van der Waals surface area contributed by atoms with Crippen LogP contribution in [-0.4, -0.2) is 14.2 Å². The van der Waals surface area contributed by atoms with Gasteiger partial charge in [0.25, 0.3) is 0 Å². The monoisotopic (exact) mass is 351 g/mol. The first-order valence-electron chi connectivity index (χ1n) is 6.43. The molecule has 0 amide bonds. The molecule has 0 radical (unpaired) electrons. The van der Waals surface area contributed by atoms with Gasteiger partial charge >= 0.3 is 0 Å². The molecule has 1 atom stereocenters. The minimum atomic E-state index is 0.306. The largest absolute Gasteiger partial charge is 0.496 e. The summed E-state index contributed by atoms with van der Waals surface area (Å²) in [5.74, 6) is 0.903. The van der Waals surface area contributed by atoms with E-state index in [1.165, 1.54) is 10.5 Å². The maximum atomic E-state index is 5.43. The van der Waals surface area contributed by atoms with Crippen molar-refractivity contribution >= 4 is 27.7 Å². The average Bonchev–Trinajstić information content (AvgIpc) is 2.47. The Morgan fingerprint density at radius 3 is 2.60 bits per heavy atom. The molecule has 106 valence electrons. The summed E-state index contributed by atoms with van der Waals surface area (Å²) in [5.41, 5.74) is 1.28. The molecule has 0 saturated heterocycles. The second-order valence-corrected chi connectivity index (χ2v) is 6.44. The topological polar surface area (TPSA) is 21.3 Å². The SMILES string of the molecule is CNC(C)c1ccc(Br)cc1Sc1ccccc1OC. The Bertz CT molecular complexity index is 588. The lowest BCUT2D eigenvalue weighted by Crippen LogP contribution is -2.13. The summed E-state index contributed by atoms with van der Waals surface area (Å²) in [7, 11) is 3.68. The van der Waals surface area contributed by atoms with Crippen LogP contribution in [0, 0.1) is 0 Å². The van der Waals surface area contributed by atoms with Crippen molar-refractivity contribution in [2.45, 2.75) is 22.8 Å². The molecule has 2 rings (SSSR count). The first-order valence-corrected chi connectivity index (χ1v) is 8.04. The molecular formula is C16H18BrNOS. The molecule has 20 heavy (non-hydrogen) atoms. The van der Waals surface area contributed by atoms with Crippen LogP contribution in [0.3, 0.4) is 0 Å². The van der Waals surface area contributed by atoms with Gasteiger partial charge in [-0.25, -0.2) is 0 Å². The summed E-state index contributed by atoms with van der Waals surface area (Å²) < 4.78 is 6.51. The predicted molar refractivity (Wildman–Crippen MR) is 88.7 cm³/mol. The van der Waals surface area contributed by atoms with E-state index >= 15 is 0 Å². The Kier molecular flexibility index (Phi) is 5.52.